The normalized spacial score (nSPS) is 11.9. The van der Waals surface area contributed by atoms with Gasteiger partial charge in [0.2, 0.25) is 0 Å². The molecule has 1 rings (SSSR count). The van der Waals surface area contributed by atoms with E-state index in [1.807, 2.05) is 0 Å². The standard InChI is InChI=1S/C12H15NO4/c1-8(13-7-11(14)15)12(16)9-5-3-4-6-10(9)17-2/h3-6,8,13H,7H2,1-2H3,(H,14,15). The van der Waals surface area contributed by atoms with Crippen LogP contribution in [0.3, 0.4) is 0 Å². The third-order valence-corrected chi connectivity index (χ3v) is 2.33. The van der Waals surface area contributed by atoms with Gasteiger partial charge in [0.25, 0.3) is 0 Å². The van der Waals surface area contributed by atoms with E-state index in [-0.39, 0.29) is 12.3 Å². The Morgan fingerprint density at radius 2 is 2.06 bits per heavy atom. The molecule has 92 valence electrons. The zero-order chi connectivity index (χ0) is 12.8. The summed E-state index contributed by atoms with van der Waals surface area (Å²) in [5.74, 6) is -0.699. The van der Waals surface area contributed by atoms with Crippen molar-refractivity contribution in [2.75, 3.05) is 13.7 Å². The SMILES string of the molecule is COc1ccccc1C(=O)C(C)NCC(=O)O. The fourth-order valence-corrected chi connectivity index (χ4v) is 1.41. The van der Waals surface area contributed by atoms with E-state index in [1.165, 1.54) is 7.11 Å². The number of carboxylic acid groups (broad SMARTS) is 1. The first-order chi connectivity index (χ1) is 8.06. The number of rotatable bonds is 6. The molecule has 0 spiro atoms. The fraction of sp³-hybridized carbons (Fsp3) is 0.333. The average Bonchev–Trinajstić information content (AvgIpc) is 2.34. The highest BCUT2D eigenvalue weighted by Gasteiger charge is 2.18. The molecule has 1 atom stereocenters. The average molecular weight is 237 g/mol. The second-order valence-corrected chi connectivity index (χ2v) is 3.56. The third-order valence-electron chi connectivity index (χ3n) is 2.33. The van der Waals surface area contributed by atoms with Crippen molar-refractivity contribution in [1.29, 1.82) is 0 Å². The molecule has 1 aromatic carbocycles. The van der Waals surface area contributed by atoms with Crippen LogP contribution >= 0.6 is 0 Å². The Balaban J connectivity index is 2.77. The van der Waals surface area contributed by atoms with E-state index in [2.05, 4.69) is 5.32 Å². The molecule has 0 heterocycles. The van der Waals surface area contributed by atoms with Gasteiger partial charge >= 0.3 is 5.97 Å². The van der Waals surface area contributed by atoms with Crippen molar-refractivity contribution in [1.82, 2.24) is 5.32 Å². The minimum atomic E-state index is -0.996. The number of hydrogen-bond acceptors (Lipinski definition) is 4. The predicted molar refractivity (Wildman–Crippen MR) is 62.4 cm³/mol. The van der Waals surface area contributed by atoms with Crippen LogP contribution < -0.4 is 10.1 Å². The van der Waals surface area contributed by atoms with Gasteiger partial charge in [-0.1, -0.05) is 12.1 Å². The monoisotopic (exact) mass is 237 g/mol. The van der Waals surface area contributed by atoms with Gasteiger partial charge in [-0.3, -0.25) is 14.9 Å². The van der Waals surface area contributed by atoms with Crippen molar-refractivity contribution in [3.05, 3.63) is 29.8 Å². The van der Waals surface area contributed by atoms with Crippen LogP contribution in [0.15, 0.2) is 24.3 Å². The van der Waals surface area contributed by atoms with E-state index in [1.54, 1.807) is 31.2 Å². The number of ether oxygens (including phenoxy) is 1. The first kappa shape index (κ1) is 13.2. The zero-order valence-corrected chi connectivity index (χ0v) is 9.77. The Morgan fingerprint density at radius 1 is 1.41 bits per heavy atom. The minimum absolute atomic E-state index is 0.191. The van der Waals surface area contributed by atoms with Gasteiger partial charge in [0.15, 0.2) is 5.78 Å². The summed E-state index contributed by atoms with van der Waals surface area (Å²) in [6, 6.07) is 6.28. The first-order valence-corrected chi connectivity index (χ1v) is 5.18. The smallest absolute Gasteiger partial charge is 0.317 e. The summed E-state index contributed by atoms with van der Waals surface area (Å²) >= 11 is 0. The van der Waals surface area contributed by atoms with E-state index in [0.717, 1.165) is 0 Å². The van der Waals surface area contributed by atoms with Crippen LogP contribution in [-0.2, 0) is 4.79 Å². The number of methoxy groups -OCH3 is 1. The van der Waals surface area contributed by atoms with Gasteiger partial charge in [-0.05, 0) is 19.1 Å². The molecule has 2 N–H and O–H groups in total. The van der Waals surface area contributed by atoms with Crippen molar-refractivity contribution in [2.45, 2.75) is 13.0 Å². The highest BCUT2D eigenvalue weighted by Crippen LogP contribution is 2.18. The van der Waals surface area contributed by atoms with E-state index >= 15 is 0 Å². The molecule has 1 aromatic rings. The molecule has 0 aliphatic heterocycles. The number of benzene rings is 1. The zero-order valence-electron chi connectivity index (χ0n) is 9.77. The van der Waals surface area contributed by atoms with Crippen LogP contribution in [-0.4, -0.2) is 36.6 Å². The van der Waals surface area contributed by atoms with Gasteiger partial charge in [-0.15, -0.1) is 0 Å². The Morgan fingerprint density at radius 3 is 2.65 bits per heavy atom. The molecule has 0 bridgehead atoms. The number of ketones is 1. The van der Waals surface area contributed by atoms with Gasteiger partial charge in [-0.2, -0.15) is 0 Å². The summed E-state index contributed by atoms with van der Waals surface area (Å²) in [5.41, 5.74) is 0.445. The molecular formula is C12H15NO4. The van der Waals surface area contributed by atoms with Gasteiger partial charge in [0, 0.05) is 0 Å². The lowest BCUT2D eigenvalue weighted by atomic mass is 10.0. The fourth-order valence-electron chi connectivity index (χ4n) is 1.41. The molecule has 0 aromatic heterocycles. The topological polar surface area (TPSA) is 75.6 Å². The minimum Gasteiger partial charge on any atom is -0.496 e. The van der Waals surface area contributed by atoms with Crippen molar-refractivity contribution in [3.8, 4) is 5.75 Å². The molecule has 5 nitrogen and oxygen atoms in total. The summed E-state index contributed by atoms with van der Waals surface area (Å²) in [4.78, 5) is 22.4. The van der Waals surface area contributed by atoms with E-state index in [0.29, 0.717) is 11.3 Å². The molecule has 1 unspecified atom stereocenters. The Bertz CT molecular complexity index is 417. The van der Waals surface area contributed by atoms with Crippen LogP contribution in [0.5, 0.6) is 5.75 Å². The van der Waals surface area contributed by atoms with Gasteiger partial charge in [0.1, 0.15) is 5.75 Å². The number of aliphatic carboxylic acids is 1. The molecule has 0 saturated heterocycles. The van der Waals surface area contributed by atoms with Crippen molar-refractivity contribution >= 4 is 11.8 Å². The number of nitrogens with one attached hydrogen (secondary N) is 1. The Kier molecular flexibility index (Phi) is 4.66. The maximum absolute atomic E-state index is 12.0. The van der Waals surface area contributed by atoms with Crippen molar-refractivity contribution in [2.24, 2.45) is 0 Å². The van der Waals surface area contributed by atoms with Gasteiger partial charge in [0.05, 0.1) is 25.3 Å². The number of para-hydroxylation sites is 1. The largest absolute Gasteiger partial charge is 0.496 e. The van der Waals surface area contributed by atoms with Gasteiger partial charge in [-0.25, -0.2) is 0 Å². The second-order valence-electron chi connectivity index (χ2n) is 3.56. The number of carbonyl (C=O) groups is 2. The number of Topliss-reactive ketones (excluding diaryl/α,β-unsaturated/α-hetero) is 1. The molecule has 0 aliphatic carbocycles. The van der Waals surface area contributed by atoms with Crippen LogP contribution in [0.4, 0.5) is 0 Å². The molecule has 0 aliphatic rings. The molecule has 0 fully saturated rings. The van der Waals surface area contributed by atoms with Crippen molar-refractivity contribution < 1.29 is 19.4 Å². The quantitative estimate of drug-likeness (QED) is 0.720. The number of carbonyl (C=O) groups excluding carboxylic acids is 1. The lowest BCUT2D eigenvalue weighted by Gasteiger charge is -2.13. The van der Waals surface area contributed by atoms with Crippen molar-refractivity contribution in [3.63, 3.8) is 0 Å². The van der Waals surface area contributed by atoms with Crippen LogP contribution in [0.1, 0.15) is 17.3 Å². The summed E-state index contributed by atoms with van der Waals surface area (Å²) in [6.45, 7) is 1.37. The van der Waals surface area contributed by atoms with E-state index in [9.17, 15) is 9.59 Å². The first-order valence-electron chi connectivity index (χ1n) is 5.18. The number of carboxylic acids is 1. The molecule has 0 radical (unpaired) electrons. The Labute approximate surface area is 99.4 Å². The van der Waals surface area contributed by atoms with E-state index in [4.69, 9.17) is 9.84 Å². The number of hydrogen-bond donors (Lipinski definition) is 2. The maximum Gasteiger partial charge on any atom is 0.317 e. The van der Waals surface area contributed by atoms with Crippen LogP contribution in [0, 0.1) is 0 Å². The van der Waals surface area contributed by atoms with E-state index < -0.39 is 12.0 Å². The summed E-state index contributed by atoms with van der Waals surface area (Å²) < 4.78 is 5.08. The highest BCUT2D eigenvalue weighted by molar-refractivity contribution is 6.02. The third kappa shape index (κ3) is 3.57. The molecule has 0 amide bonds. The van der Waals surface area contributed by atoms with Gasteiger partial charge < -0.3 is 9.84 Å². The lowest BCUT2D eigenvalue weighted by molar-refractivity contribution is -0.136. The summed E-state index contributed by atoms with van der Waals surface area (Å²) in [6.07, 6.45) is 0. The molecular weight excluding hydrogens is 222 g/mol. The van der Waals surface area contributed by atoms with Crippen LogP contribution in [0.25, 0.3) is 0 Å². The molecule has 17 heavy (non-hydrogen) atoms. The maximum atomic E-state index is 12.0. The second kappa shape index (κ2) is 6.00. The molecule has 0 saturated carbocycles. The predicted octanol–water partition coefficient (Wildman–Crippen LogP) is 0.941. The lowest BCUT2D eigenvalue weighted by Crippen LogP contribution is -2.37. The summed E-state index contributed by atoms with van der Waals surface area (Å²) in [5, 5.41) is 11.1. The molecule has 5 heteroatoms. The Hall–Kier alpha value is -1.88. The van der Waals surface area contributed by atoms with Crippen LogP contribution in [0.2, 0.25) is 0 Å². The highest BCUT2D eigenvalue weighted by atomic mass is 16.5. The summed E-state index contributed by atoms with van der Waals surface area (Å²) in [7, 11) is 1.49.